The van der Waals surface area contributed by atoms with Gasteiger partial charge in [0.05, 0.1) is 10.2 Å². The van der Waals surface area contributed by atoms with Gasteiger partial charge in [-0.15, -0.1) is 24.0 Å². The SMILES string of the molecule is CC(C)N(C(=O)/C(C#N)=C\c1cccnc1)c1ccc2nc(S)sc2c1. The van der Waals surface area contributed by atoms with Crippen molar-refractivity contribution in [2.45, 2.75) is 24.2 Å². The number of aromatic nitrogens is 2. The summed E-state index contributed by atoms with van der Waals surface area (Å²) >= 11 is 5.73. The molecule has 0 saturated carbocycles. The minimum atomic E-state index is -0.346. The molecular formula is C19H16N4OS2. The molecule has 3 rings (SSSR count). The summed E-state index contributed by atoms with van der Waals surface area (Å²) in [5, 5.41) is 9.51. The zero-order valence-corrected chi connectivity index (χ0v) is 16.0. The first-order valence-corrected chi connectivity index (χ1v) is 9.21. The number of hydrogen-bond acceptors (Lipinski definition) is 6. The highest BCUT2D eigenvalue weighted by molar-refractivity contribution is 7.82. The molecule has 2 aromatic heterocycles. The molecular weight excluding hydrogens is 364 g/mol. The van der Waals surface area contributed by atoms with Gasteiger partial charge >= 0.3 is 0 Å². The summed E-state index contributed by atoms with van der Waals surface area (Å²) in [6.45, 7) is 3.83. The maximum atomic E-state index is 13.0. The van der Waals surface area contributed by atoms with Crippen molar-refractivity contribution in [1.82, 2.24) is 9.97 Å². The zero-order chi connectivity index (χ0) is 18.7. The van der Waals surface area contributed by atoms with Gasteiger partial charge in [-0.1, -0.05) is 6.07 Å². The van der Waals surface area contributed by atoms with Gasteiger partial charge in [-0.3, -0.25) is 9.78 Å². The number of amides is 1. The van der Waals surface area contributed by atoms with E-state index >= 15 is 0 Å². The second kappa shape index (κ2) is 7.68. The number of rotatable bonds is 4. The molecule has 0 aliphatic carbocycles. The molecule has 3 aromatic rings. The second-order valence-electron chi connectivity index (χ2n) is 5.87. The Bertz CT molecular complexity index is 1020. The Kier molecular flexibility index (Phi) is 5.35. The number of carbonyl (C=O) groups excluding carboxylic acids is 1. The number of thiazole rings is 1. The van der Waals surface area contributed by atoms with Crippen molar-refractivity contribution >= 4 is 51.9 Å². The number of pyridine rings is 1. The van der Waals surface area contributed by atoms with Crippen LogP contribution in [0, 0.1) is 11.3 Å². The molecule has 0 spiro atoms. The molecule has 0 unspecified atom stereocenters. The summed E-state index contributed by atoms with van der Waals surface area (Å²) < 4.78 is 1.62. The fraction of sp³-hybridized carbons (Fsp3) is 0.158. The van der Waals surface area contributed by atoms with Gasteiger partial charge in [-0.05, 0) is 49.8 Å². The summed E-state index contributed by atoms with van der Waals surface area (Å²) in [7, 11) is 0. The van der Waals surface area contributed by atoms with Crippen molar-refractivity contribution in [3.05, 3.63) is 53.9 Å². The third-order valence-corrected chi connectivity index (χ3v) is 4.92. The first-order chi connectivity index (χ1) is 12.5. The van der Waals surface area contributed by atoms with E-state index < -0.39 is 0 Å². The van der Waals surface area contributed by atoms with Crippen LogP contribution in [-0.2, 0) is 4.79 Å². The normalized spacial score (nSPS) is 11.6. The Hall–Kier alpha value is -2.69. The monoisotopic (exact) mass is 380 g/mol. The number of nitriles is 1. The largest absolute Gasteiger partial charge is 0.305 e. The van der Waals surface area contributed by atoms with Crippen LogP contribution in [0.2, 0.25) is 0 Å². The number of thiol groups is 1. The Labute approximate surface area is 161 Å². The van der Waals surface area contributed by atoms with E-state index in [0.29, 0.717) is 9.90 Å². The van der Waals surface area contributed by atoms with Crippen molar-refractivity contribution in [2.24, 2.45) is 0 Å². The van der Waals surface area contributed by atoms with Gasteiger partial charge < -0.3 is 4.90 Å². The molecule has 26 heavy (non-hydrogen) atoms. The van der Waals surface area contributed by atoms with E-state index in [2.05, 4.69) is 22.6 Å². The van der Waals surface area contributed by atoms with Crippen molar-refractivity contribution < 1.29 is 4.79 Å². The minimum Gasteiger partial charge on any atom is -0.305 e. The summed E-state index contributed by atoms with van der Waals surface area (Å²) in [6.07, 6.45) is 4.81. The number of carbonyl (C=O) groups is 1. The summed E-state index contributed by atoms with van der Waals surface area (Å²) in [4.78, 5) is 23.0. The Morgan fingerprint density at radius 1 is 1.38 bits per heavy atom. The lowest BCUT2D eigenvalue weighted by atomic mass is 10.1. The van der Waals surface area contributed by atoms with Gasteiger partial charge in [0.2, 0.25) is 0 Å². The molecule has 0 aliphatic rings. The van der Waals surface area contributed by atoms with E-state index in [4.69, 9.17) is 0 Å². The van der Waals surface area contributed by atoms with Crippen molar-refractivity contribution in [3.63, 3.8) is 0 Å². The molecule has 0 radical (unpaired) electrons. The molecule has 0 bridgehead atoms. The fourth-order valence-corrected chi connectivity index (χ4v) is 3.74. The average molecular weight is 380 g/mol. The van der Waals surface area contributed by atoms with Crippen molar-refractivity contribution in [3.8, 4) is 6.07 Å². The molecule has 1 aromatic carbocycles. The van der Waals surface area contributed by atoms with E-state index in [0.717, 1.165) is 15.9 Å². The molecule has 130 valence electrons. The van der Waals surface area contributed by atoms with E-state index in [-0.39, 0.29) is 17.5 Å². The smallest absolute Gasteiger partial charge is 0.269 e. The molecule has 5 nitrogen and oxygen atoms in total. The van der Waals surface area contributed by atoms with Crippen LogP contribution in [0.4, 0.5) is 5.69 Å². The highest BCUT2D eigenvalue weighted by Crippen LogP contribution is 2.30. The van der Waals surface area contributed by atoms with Gasteiger partial charge in [-0.25, -0.2) is 4.98 Å². The van der Waals surface area contributed by atoms with Gasteiger partial charge in [0.15, 0.2) is 0 Å². The van der Waals surface area contributed by atoms with E-state index in [9.17, 15) is 10.1 Å². The second-order valence-corrected chi connectivity index (χ2v) is 7.63. The van der Waals surface area contributed by atoms with Crippen LogP contribution in [0.15, 0.2) is 52.6 Å². The Morgan fingerprint density at radius 3 is 2.85 bits per heavy atom. The lowest BCUT2D eigenvalue weighted by Gasteiger charge is -2.26. The predicted octanol–water partition coefficient (Wildman–Crippen LogP) is 4.33. The highest BCUT2D eigenvalue weighted by Gasteiger charge is 2.23. The Balaban J connectivity index is 2.01. The summed E-state index contributed by atoms with van der Waals surface area (Å²) in [5.74, 6) is -0.346. The van der Waals surface area contributed by atoms with E-state index in [1.165, 1.54) is 11.3 Å². The molecule has 0 fully saturated rings. The van der Waals surface area contributed by atoms with Crippen LogP contribution in [0.1, 0.15) is 19.4 Å². The fourth-order valence-electron chi connectivity index (χ4n) is 2.60. The standard InChI is InChI=1S/C19H16N4OS2/c1-12(2)23(15-5-6-16-17(9-15)26-19(25)22-16)18(24)14(10-20)8-13-4-3-7-21-11-13/h3-9,11-12H,1-2H3,(H,22,25)/b14-8-. The van der Waals surface area contributed by atoms with Crippen LogP contribution in [-0.4, -0.2) is 21.9 Å². The third-order valence-electron chi connectivity index (χ3n) is 3.72. The van der Waals surface area contributed by atoms with Gasteiger partial charge in [0.25, 0.3) is 5.91 Å². The quantitative estimate of drug-likeness (QED) is 0.415. The molecule has 0 saturated heterocycles. The van der Waals surface area contributed by atoms with Gasteiger partial charge in [0, 0.05) is 24.1 Å². The lowest BCUT2D eigenvalue weighted by molar-refractivity contribution is -0.115. The number of fused-ring (bicyclic) bond motifs is 1. The van der Waals surface area contributed by atoms with Gasteiger partial charge in [0.1, 0.15) is 16.0 Å². The first-order valence-electron chi connectivity index (χ1n) is 7.94. The third kappa shape index (κ3) is 3.77. The lowest BCUT2D eigenvalue weighted by Crippen LogP contribution is -2.37. The van der Waals surface area contributed by atoms with Crippen molar-refractivity contribution in [2.75, 3.05) is 4.90 Å². The topological polar surface area (TPSA) is 69.9 Å². The molecule has 0 N–H and O–H groups in total. The maximum absolute atomic E-state index is 13.0. The van der Waals surface area contributed by atoms with Gasteiger partial charge in [-0.2, -0.15) is 5.26 Å². The van der Waals surface area contributed by atoms with Crippen LogP contribution >= 0.6 is 24.0 Å². The zero-order valence-electron chi connectivity index (χ0n) is 14.2. The Morgan fingerprint density at radius 2 is 2.19 bits per heavy atom. The number of nitrogens with zero attached hydrogens (tertiary/aromatic N) is 4. The van der Waals surface area contributed by atoms with Crippen LogP contribution in [0.25, 0.3) is 16.3 Å². The molecule has 7 heteroatoms. The average Bonchev–Trinajstić information content (AvgIpc) is 2.99. The summed E-state index contributed by atoms with van der Waals surface area (Å²) in [6, 6.07) is 11.1. The molecule has 0 atom stereocenters. The summed E-state index contributed by atoms with van der Waals surface area (Å²) in [5.41, 5.74) is 2.33. The van der Waals surface area contributed by atoms with Crippen molar-refractivity contribution in [1.29, 1.82) is 5.26 Å². The number of benzene rings is 1. The first kappa shape index (κ1) is 18.1. The molecule has 1 amide bonds. The number of hydrogen-bond donors (Lipinski definition) is 1. The van der Waals surface area contributed by atoms with Crippen LogP contribution in [0.5, 0.6) is 0 Å². The molecule has 2 heterocycles. The minimum absolute atomic E-state index is 0.0611. The van der Waals surface area contributed by atoms with E-state index in [1.54, 1.807) is 35.5 Å². The highest BCUT2D eigenvalue weighted by atomic mass is 32.2. The molecule has 0 aliphatic heterocycles. The predicted molar refractivity (Wildman–Crippen MR) is 107 cm³/mol. The van der Waals surface area contributed by atoms with E-state index in [1.807, 2.05) is 38.1 Å². The number of anilines is 1. The maximum Gasteiger partial charge on any atom is 0.269 e. The van der Waals surface area contributed by atoms with Crippen LogP contribution < -0.4 is 4.90 Å². The van der Waals surface area contributed by atoms with Crippen LogP contribution in [0.3, 0.4) is 0 Å².